The third-order valence-electron chi connectivity index (χ3n) is 2.28. The molecule has 18 heavy (non-hydrogen) atoms. The Labute approximate surface area is 110 Å². The average molecular weight is 326 g/mol. The summed E-state index contributed by atoms with van der Waals surface area (Å²) in [6.07, 6.45) is -4.62. The van der Waals surface area contributed by atoms with Gasteiger partial charge in [0.25, 0.3) is 5.91 Å². The summed E-state index contributed by atoms with van der Waals surface area (Å²) in [5.41, 5.74) is 0.329. The molecule has 1 aromatic rings. The molecule has 0 aliphatic carbocycles. The van der Waals surface area contributed by atoms with Crippen LogP contribution in [0.2, 0.25) is 0 Å². The zero-order chi connectivity index (χ0) is 13.7. The second kappa shape index (κ2) is 6.75. The van der Waals surface area contributed by atoms with E-state index < -0.39 is 31.2 Å². The molecule has 0 aliphatic heterocycles. The number of carbonyl (C=O) groups excluding carboxylic acids is 1. The molecule has 3 nitrogen and oxygen atoms in total. The van der Waals surface area contributed by atoms with Crippen LogP contribution in [-0.2, 0) is 4.79 Å². The lowest BCUT2D eigenvalue weighted by Gasteiger charge is -2.21. The van der Waals surface area contributed by atoms with Gasteiger partial charge >= 0.3 is 6.43 Å². The third kappa shape index (κ3) is 3.99. The first-order chi connectivity index (χ1) is 8.45. The van der Waals surface area contributed by atoms with E-state index in [0.717, 1.165) is 4.47 Å². The number of carbonyl (C=O) groups is 1. The SMILES string of the molecule is O=C(NC(CF)C(O)c1ccc(Br)cc1)C(F)F. The predicted octanol–water partition coefficient (Wildman–Crippen LogP) is 2.20. The maximum absolute atomic E-state index is 12.7. The minimum atomic E-state index is -3.24. The van der Waals surface area contributed by atoms with Gasteiger partial charge in [0.2, 0.25) is 0 Å². The zero-order valence-electron chi connectivity index (χ0n) is 9.12. The van der Waals surface area contributed by atoms with Crippen molar-refractivity contribution in [2.45, 2.75) is 18.6 Å². The molecule has 0 aromatic heterocycles. The van der Waals surface area contributed by atoms with E-state index in [4.69, 9.17) is 0 Å². The van der Waals surface area contributed by atoms with Crippen LogP contribution in [0.3, 0.4) is 0 Å². The molecule has 1 aromatic carbocycles. The van der Waals surface area contributed by atoms with E-state index in [1.165, 1.54) is 12.1 Å². The second-order valence-electron chi connectivity index (χ2n) is 3.57. The standard InChI is InChI=1S/C11H11BrF3NO2/c12-7-3-1-6(2-4-7)9(17)8(5-13)16-11(18)10(14)15/h1-4,8-10,17H,5H2,(H,16,18). The van der Waals surface area contributed by atoms with Gasteiger partial charge in [0.05, 0.1) is 6.04 Å². The number of aliphatic hydroxyl groups is 1. The number of rotatable bonds is 5. The third-order valence-corrected chi connectivity index (χ3v) is 2.81. The van der Waals surface area contributed by atoms with Gasteiger partial charge in [-0.15, -0.1) is 0 Å². The summed E-state index contributed by atoms with van der Waals surface area (Å²) in [5.74, 6) is -1.60. The molecule has 0 saturated carbocycles. The van der Waals surface area contributed by atoms with Crippen LogP contribution in [-0.4, -0.2) is 30.2 Å². The van der Waals surface area contributed by atoms with Crippen molar-refractivity contribution in [2.24, 2.45) is 0 Å². The summed E-state index contributed by atoms with van der Waals surface area (Å²) in [4.78, 5) is 10.8. The molecule has 0 spiro atoms. The minimum absolute atomic E-state index is 0.329. The van der Waals surface area contributed by atoms with E-state index in [0.29, 0.717) is 5.56 Å². The van der Waals surface area contributed by atoms with Crippen LogP contribution in [0.25, 0.3) is 0 Å². The van der Waals surface area contributed by atoms with E-state index in [2.05, 4.69) is 15.9 Å². The summed E-state index contributed by atoms with van der Waals surface area (Å²) in [6.45, 7) is -1.14. The maximum atomic E-state index is 12.7. The van der Waals surface area contributed by atoms with Gasteiger partial charge in [-0.05, 0) is 17.7 Å². The Balaban J connectivity index is 2.75. The van der Waals surface area contributed by atoms with Crippen molar-refractivity contribution in [3.63, 3.8) is 0 Å². The topological polar surface area (TPSA) is 49.3 Å². The van der Waals surface area contributed by atoms with E-state index >= 15 is 0 Å². The van der Waals surface area contributed by atoms with Gasteiger partial charge in [-0.1, -0.05) is 28.1 Å². The van der Waals surface area contributed by atoms with E-state index in [1.54, 1.807) is 17.4 Å². The Kier molecular flexibility index (Phi) is 5.61. The van der Waals surface area contributed by atoms with Crippen LogP contribution < -0.4 is 5.32 Å². The molecule has 2 atom stereocenters. The number of nitrogens with one attached hydrogen (secondary N) is 1. The number of halogens is 4. The Morgan fingerprint density at radius 3 is 2.33 bits per heavy atom. The summed E-state index contributed by atoms with van der Waals surface area (Å²) >= 11 is 3.18. The van der Waals surface area contributed by atoms with E-state index in [-0.39, 0.29) is 0 Å². The van der Waals surface area contributed by atoms with Gasteiger partial charge < -0.3 is 10.4 Å². The first-order valence-corrected chi connectivity index (χ1v) is 5.83. The summed E-state index contributed by atoms with van der Waals surface area (Å²) in [5, 5.41) is 11.5. The Hall–Kier alpha value is -1.08. The van der Waals surface area contributed by atoms with Gasteiger partial charge in [-0.2, -0.15) is 8.78 Å². The first-order valence-electron chi connectivity index (χ1n) is 5.03. The largest absolute Gasteiger partial charge is 0.386 e. The van der Waals surface area contributed by atoms with Gasteiger partial charge in [0.15, 0.2) is 0 Å². The van der Waals surface area contributed by atoms with Crippen LogP contribution in [0.15, 0.2) is 28.7 Å². The van der Waals surface area contributed by atoms with Crippen molar-refractivity contribution in [1.82, 2.24) is 5.32 Å². The normalized spacial score (nSPS) is 14.3. The fourth-order valence-electron chi connectivity index (χ4n) is 1.34. The molecular formula is C11H11BrF3NO2. The molecule has 100 valence electrons. The van der Waals surface area contributed by atoms with Gasteiger partial charge in [-0.3, -0.25) is 4.79 Å². The van der Waals surface area contributed by atoms with Crippen molar-refractivity contribution in [3.8, 4) is 0 Å². The number of benzene rings is 1. The number of alkyl halides is 3. The predicted molar refractivity (Wildman–Crippen MR) is 63.0 cm³/mol. The molecule has 0 bridgehead atoms. The van der Waals surface area contributed by atoms with Gasteiger partial charge in [0.1, 0.15) is 12.8 Å². The second-order valence-corrected chi connectivity index (χ2v) is 4.48. The number of hydrogen-bond acceptors (Lipinski definition) is 2. The lowest BCUT2D eigenvalue weighted by molar-refractivity contribution is -0.133. The zero-order valence-corrected chi connectivity index (χ0v) is 10.7. The maximum Gasteiger partial charge on any atom is 0.315 e. The molecule has 0 radical (unpaired) electrons. The molecule has 2 unspecified atom stereocenters. The van der Waals surface area contributed by atoms with E-state index in [1.807, 2.05) is 0 Å². The fourth-order valence-corrected chi connectivity index (χ4v) is 1.60. The first kappa shape index (κ1) is 15.0. The van der Waals surface area contributed by atoms with Crippen LogP contribution in [0.5, 0.6) is 0 Å². The smallest absolute Gasteiger partial charge is 0.315 e. The van der Waals surface area contributed by atoms with Crippen molar-refractivity contribution in [2.75, 3.05) is 6.67 Å². The lowest BCUT2D eigenvalue weighted by Crippen LogP contribution is -2.43. The highest BCUT2D eigenvalue weighted by Gasteiger charge is 2.26. The Morgan fingerprint density at radius 2 is 1.89 bits per heavy atom. The van der Waals surface area contributed by atoms with Crippen molar-refractivity contribution >= 4 is 21.8 Å². The molecule has 1 amide bonds. The molecule has 1 rings (SSSR count). The van der Waals surface area contributed by atoms with Crippen LogP contribution in [0, 0.1) is 0 Å². The van der Waals surface area contributed by atoms with Crippen molar-refractivity contribution in [3.05, 3.63) is 34.3 Å². The number of hydrogen-bond donors (Lipinski definition) is 2. The molecule has 7 heteroatoms. The van der Waals surface area contributed by atoms with Crippen LogP contribution in [0.4, 0.5) is 13.2 Å². The monoisotopic (exact) mass is 325 g/mol. The summed E-state index contributed by atoms with van der Waals surface area (Å²) in [7, 11) is 0. The molecule has 0 heterocycles. The number of aliphatic hydroxyl groups excluding tert-OH is 1. The minimum Gasteiger partial charge on any atom is -0.386 e. The van der Waals surface area contributed by atoms with Crippen LogP contribution >= 0.6 is 15.9 Å². The molecule has 0 saturated heterocycles. The summed E-state index contributed by atoms with van der Waals surface area (Å²) < 4.78 is 37.5. The van der Waals surface area contributed by atoms with Crippen molar-refractivity contribution in [1.29, 1.82) is 0 Å². The highest BCUT2D eigenvalue weighted by atomic mass is 79.9. The molecule has 0 fully saturated rings. The number of amides is 1. The van der Waals surface area contributed by atoms with Gasteiger partial charge in [-0.25, -0.2) is 4.39 Å². The Bertz CT molecular complexity index is 400. The molecule has 2 N–H and O–H groups in total. The summed E-state index contributed by atoms with van der Waals surface area (Å²) in [6, 6.07) is 4.84. The highest BCUT2D eigenvalue weighted by Crippen LogP contribution is 2.20. The lowest BCUT2D eigenvalue weighted by atomic mass is 10.0. The van der Waals surface area contributed by atoms with Crippen molar-refractivity contribution < 1.29 is 23.1 Å². The molecule has 0 aliphatic rings. The Morgan fingerprint density at radius 1 is 1.33 bits per heavy atom. The average Bonchev–Trinajstić information content (AvgIpc) is 2.35. The van der Waals surface area contributed by atoms with Gasteiger partial charge in [0, 0.05) is 4.47 Å². The van der Waals surface area contributed by atoms with E-state index in [9.17, 15) is 23.1 Å². The quantitative estimate of drug-likeness (QED) is 0.872. The molecular weight excluding hydrogens is 315 g/mol. The van der Waals surface area contributed by atoms with Crippen LogP contribution in [0.1, 0.15) is 11.7 Å². The fraction of sp³-hybridized carbons (Fsp3) is 0.364. The highest BCUT2D eigenvalue weighted by molar-refractivity contribution is 9.10.